The zero-order chi connectivity index (χ0) is 27.7. The summed E-state index contributed by atoms with van der Waals surface area (Å²) in [7, 11) is 1.29. The minimum Gasteiger partial charge on any atom is -0.465 e. The molecule has 1 amide bonds. The first-order chi connectivity index (χ1) is 18.1. The van der Waals surface area contributed by atoms with Gasteiger partial charge in [0.05, 0.1) is 30.4 Å². The van der Waals surface area contributed by atoms with E-state index in [1.165, 1.54) is 12.0 Å². The van der Waals surface area contributed by atoms with Crippen LogP contribution in [0.1, 0.15) is 46.7 Å². The summed E-state index contributed by atoms with van der Waals surface area (Å²) in [4.78, 5) is 40.1. The number of aromatic nitrogens is 1. The first-order valence-electron chi connectivity index (χ1n) is 12.2. The number of benzene rings is 2. The highest BCUT2D eigenvalue weighted by Crippen LogP contribution is 2.36. The van der Waals surface area contributed by atoms with E-state index in [2.05, 4.69) is 4.57 Å². The molecule has 0 aliphatic carbocycles. The Morgan fingerprint density at radius 3 is 2.29 bits per heavy atom. The van der Waals surface area contributed by atoms with Gasteiger partial charge in [0.2, 0.25) is 0 Å². The van der Waals surface area contributed by atoms with Crippen LogP contribution in [0.2, 0.25) is 5.02 Å². The minimum absolute atomic E-state index is 0.190. The number of nitrogens with zero attached hydrogens (tertiary/aromatic N) is 2. The fourth-order valence-electron chi connectivity index (χ4n) is 4.74. The van der Waals surface area contributed by atoms with Gasteiger partial charge in [0.25, 0.3) is 5.91 Å². The van der Waals surface area contributed by atoms with Gasteiger partial charge >= 0.3 is 11.9 Å². The van der Waals surface area contributed by atoms with Crippen LogP contribution in [0.25, 0.3) is 11.8 Å². The monoisotopic (exact) mass is 532 g/mol. The van der Waals surface area contributed by atoms with Crippen LogP contribution in [-0.4, -0.2) is 36.1 Å². The van der Waals surface area contributed by atoms with E-state index in [9.17, 15) is 14.4 Å². The zero-order valence-corrected chi connectivity index (χ0v) is 23.0. The Morgan fingerprint density at radius 2 is 1.66 bits per heavy atom. The second kappa shape index (κ2) is 10.7. The van der Waals surface area contributed by atoms with Crippen molar-refractivity contribution in [3.8, 4) is 5.69 Å². The molecule has 0 spiro atoms. The molecule has 3 aromatic rings. The number of hydrogen-bond acceptors (Lipinski definition) is 5. The Bertz CT molecular complexity index is 1510. The molecule has 0 saturated heterocycles. The maximum Gasteiger partial charge on any atom is 0.340 e. The van der Waals surface area contributed by atoms with Crippen LogP contribution in [-0.2, 0) is 19.1 Å². The predicted octanol–water partition coefficient (Wildman–Crippen LogP) is 6.11. The van der Waals surface area contributed by atoms with E-state index in [4.69, 9.17) is 21.1 Å². The molecule has 196 valence electrons. The average molecular weight is 533 g/mol. The molecule has 0 radical (unpaired) electrons. The molecular weight excluding hydrogens is 504 g/mol. The van der Waals surface area contributed by atoms with E-state index in [1.54, 1.807) is 44.2 Å². The second-order valence-electron chi connectivity index (χ2n) is 9.01. The quantitative estimate of drug-likeness (QED) is 0.283. The molecule has 8 heteroatoms. The normalized spacial score (nSPS) is 14.4. The van der Waals surface area contributed by atoms with Crippen LogP contribution in [0.3, 0.4) is 0 Å². The summed E-state index contributed by atoms with van der Waals surface area (Å²) in [6, 6.07) is 14.2. The van der Waals surface area contributed by atoms with E-state index in [0.717, 1.165) is 28.2 Å². The van der Waals surface area contributed by atoms with Crippen molar-refractivity contribution in [2.24, 2.45) is 0 Å². The number of carbonyl (C=O) groups is 3. The maximum absolute atomic E-state index is 13.7. The fourth-order valence-corrected chi connectivity index (χ4v) is 4.90. The molecule has 2 heterocycles. The molecule has 38 heavy (non-hydrogen) atoms. The Kier molecular flexibility index (Phi) is 7.60. The van der Waals surface area contributed by atoms with E-state index in [-0.39, 0.29) is 23.7 Å². The fraction of sp³-hybridized carbons (Fsp3) is 0.233. The third kappa shape index (κ3) is 4.77. The van der Waals surface area contributed by atoms with E-state index in [0.29, 0.717) is 22.0 Å². The molecule has 0 bridgehead atoms. The van der Waals surface area contributed by atoms with E-state index < -0.39 is 11.9 Å². The van der Waals surface area contributed by atoms with Gasteiger partial charge in [0.1, 0.15) is 0 Å². The van der Waals surface area contributed by atoms with Gasteiger partial charge in [0.15, 0.2) is 0 Å². The number of anilines is 1. The number of halogens is 1. The highest BCUT2D eigenvalue weighted by molar-refractivity contribution is 6.30. The number of carbonyl (C=O) groups excluding carboxylic acids is 3. The summed E-state index contributed by atoms with van der Waals surface area (Å²) < 4.78 is 12.2. The number of hydrogen-bond donors (Lipinski definition) is 0. The number of allylic oxidation sites excluding steroid dienone is 1. The molecule has 0 saturated carbocycles. The van der Waals surface area contributed by atoms with Crippen molar-refractivity contribution in [3.63, 3.8) is 0 Å². The maximum atomic E-state index is 13.7. The first-order valence-corrected chi connectivity index (χ1v) is 12.5. The second-order valence-corrected chi connectivity index (χ2v) is 9.45. The average Bonchev–Trinajstić information content (AvgIpc) is 3.31. The third-order valence-electron chi connectivity index (χ3n) is 6.61. The number of rotatable bonds is 6. The van der Waals surface area contributed by atoms with Crippen molar-refractivity contribution in [3.05, 3.63) is 98.5 Å². The van der Waals surface area contributed by atoms with Crippen molar-refractivity contribution in [1.29, 1.82) is 0 Å². The van der Waals surface area contributed by atoms with Gasteiger partial charge in [-0.05, 0) is 94.3 Å². The zero-order valence-electron chi connectivity index (χ0n) is 22.2. The Morgan fingerprint density at radius 1 is 0.974 bits per heavy atom. The van der Waals surface area contributed by atoms with Crippen molar-refractivity contribution in [1.82, 2.24) is 4.57 Å². The van der Waals surface area contributed by atoms with E-state index in [1.807, 2.05) is 45.0 Å². The molecule has 7 nitrogen and oxygen atoms in total. The number of aryl methyl sites for hydroxylation is 2. The molecule has 1 aliphatic rings. The summed E-state index contributed by atoms with van der Waals surface area (Å²) in [5.74, 6) is -1.41. The smallest absolute Gasteiger partial charge is 0.340 e. The Balaban J connectivity index is 1.80. The number of methoxy groups -OCH3 is 1. The molecule has 4 rings (SSSR count). The van der Waals surface area contributed by atoms with Crippen molar-refractivity contribution in [2.75, 3.05) is 18.6 Å². The lowest BCUT2D eigenvalue weighted by Gasteiger charge is -2.18. The molecule has 1 aliphatic heterocycles. The number of esters is 2. The predicted molar refractivity (Wildman–Crippen MR) is 148 cm³/mol. The largest absolute Gasteiger partial charge is 0.465 e. The van der Waals surface area contributed by atoms with Crippen molar-refractivity contribution >= 4 is 41.2 Å². The Hall–Kier alpha value is -4.10. The topological polar surface area (TPSA) is 77.8 Å². The van der Waals surface area contributed by atoms with Gasteiger partial charge in [-0.2, -0.15) is 0 Å². The Labute approximate surface area is 226 Å². The van der Waals surface area contributed by atoms with Crippen LogP contribution < -0.4 is 4.90 Å². The molecule has 0 unspecified atom stereocenters. The molecule has 0 fully saturated rings. The summed E-state index contributed by atoms with van der Waals surface area (Å²) in [6.45, 7) is 9.64. The van der Waals surface area contributed by atoms with Gasteiger partial charge in [-0.15, -0.1) is 0 Å². The van der Waals surface area contributed by atoms with E-state index >= 15 is 0 Å². The summed E-state index contributed by atoms with van der Waals surface area (Å²) in [6.07, 6.45) is 1.73. The molecular formula is C30H29ClN2O5. The van der Waals surface area contributed by atoms with Gasteiger partial charge in [-0.3, -0.25) is 9.69 Å². The van der Waals surface area contributed by atoms with Gasteiger partial charge in [-0.25, -0.2) is 9.59 Å². The molecule has 2 aromatic carbocycles. The number of amides is 1. The lowest BCUT2D eigenvalue weighted by molar-refractivity contribution is -0.136. The van der Waals surface area contributed by atoms with Crippen LogP contribution in [0.15, 0.2) is 65.4 Å². The van der Waals surface area contributed by atoms with Gasteiger partial charge in [-0.1, -0.05) is 17.7 Å². The standard InChI is InChI=1S/C30H29ClN2O5/c1-7-38-29(35)21-9-12-24(13-10-21)33-20(5)27(30(36)37-6)25(28(33)34)15-22-14-18(3)32(19(22)4)26-16-23(31)11-8-17(26)2/h8-16H,7H2,1-6H3/b25-15-. The lowest BCUT2D eigenvalue weighted by Crippen LogP contribution is -2.24. The number of ether oxygens (including phenoxy) is 2. The minimum atomic E-state index is -0.604. The van der Waals surface area contributed by atoms with Crippen LogP contribution >= 0.6 is 11.6 Å². The lowest BCUT2D eigenvalue weighted by atomic mass is 10.0. The van der Waals surface area contributed by atoms with Crippen molar-refractivity contribution < 1.29 is 23.9 Å². The van der Waals surface area contributed by atoms with Crippen LogP contribution in [0.4, 0.5) is 5.69 Å². The summed E-state index contributed by atoms with van der Waals surface area (Å²) >= 11 is 6.28. The highest BCUT2D eigenvalue weighted by atomic mass is 35.5. The van der Waals surface area contributed by atoms with Crippen LogP contribution in [0.5, 0.6) is 0 Å². The van der Waals surface area contributed by atoms with Crippen LogP contribution in [0, 0.1) is 20.8 Å². The van der Waals surface area contributed by atoms with Gasteiger partial charge < -0.3 is 14.0 Å². The first kappa shape index (κ1) is 26.9. The SMILES string of the molecule is CCOC(=O)c1ccc(N2C(=O)/C(=C\c3cc(C)n(-c4cc(Cl)ccc4C)c3C)C(C(=O)OC)=C2C)cc1. The molecule has 0 N–H and O–H groups in total. The van der Waals surface area contributed by atoms with Gasteiger partial charge in [0, 0.05) is 33.5 Å². The summed E-state index contributed by atoms with van der Waals surface area (Å²) in [5, 5.41) is 0.625. The molecule has 1 aromatic heterocycles. The highest BCUT2D eigenvalue weighted by Gasteiger charge is 2.38. The summed E-state index contributed by atoms with van der Waals surface area (Å²) in [5.41, 5.74) is 6.39. The molecule has 0 atom stereocenters. The third-order valence-corrected chi connectivity index (χ3v) is 6.84. The van der Waals surface area contributed by atoms with Crippen molar-refractivity contribution in [2.45, 2.75) is 34.6 Å².